The fourth-order valence-corrected chi connectivity index (χ4v) is 5.13. The predicted molar refractivity (Wildman–Crippen MR) is 95.7 cm³/mol. The lowest BCUT2D eigenvalue weighted by Crippen LogP contribution is -2.43. The Labute approximate surface area is 151 Å². The van der Waals surface area contributed by atoms with E-state index in [-0.39, 0.29) is 11.8 Å². The van der Waals surface area contributed by atoms with Crippen LogP contribution in [0.3, 0.4) is 0 Å². The quantitative estimate of drug-likeness (QED) is 0.787. The van der Waals surface area contributed by atoms with Crippen molar-refractivity contribution in [1.82, 2.24) is 19.4 Å². The molecular weight excluding hydrogens is 360 g/mol. The maximum Gasteiger partial charge on any atom is 0.250 e. The van der Waals surface area contributed by atoms with Crippen LogP contribution in [-0.2, 0) is 21.4 Å². The molecule has 1 amide bonds. The normalized spacial score (nSPS) is 18.4. The summed E-state index contributed by atoms with van der Waals surface area (Å²) < 4.78 is 29.1. The smallest absolute Gasteiger partial charge is 0.250 e. The third kappa shape index (κ3) is 4.90. The standard InChI is InChI=1S/C16H22N4O3S2/c21-15(6-10-20-9-3-7-17-20)19-8-1-4-14(13-19)12-18-25(22,23)16-5-2-11-24-16/h2-3,5,7,9,11,14,18H,1,4,6,8,10,12-13H2/t14-/m0/s1. The van der Waals surface area contributed by atoms with Crippen molar-refractivity contribution < 1.29 is 13.2 Å². The molecule has 0 saturated carbocycles. The van der Waals surface area contributed by atoms with Crippen molar-refractivity contribution in [1.29, 1.82) is 0 Å². The number of sulfonamides is 1. The van der Waals surface area contributed by atoms with Crippen LogP contribution in [0.1, 0.15) is 19.3 Å². The minimum absolute atomic E-state index is 0.0984. The molecule has 1 N–H and O–H groups in total. The van der Waals surface area contributed by atoms with Gasteiger partial charge in [-0.05, 0) is 36.3 Å². The van der Waals surface area contributed by atoms with Crippen molar-refractivity contribution in [3.05, 3.63) is 36.0 Å². The number of aryl methyl sites for hydroxylation is 1. The van der Waals surface area contributed by atoms with E-state index in [1.807, 2.05) is 17.2 Å². The number of nitrogens with one attached hydrogen (secondary N) is 1. The number of carbonyl (C=O) groups is 1. The van der Waals surface area contributed by atoms with Gasteiger partial charge in [-0.1, -0.05) is 6.07 Å². The van der Waals surface area contributed by atoms with Crippen molar-refractivity contribution >= 4 is 27.3 Å². The molecule has 0 aromatic carbocycles. The van der Waals surface area contributed by atoms with Crippen LogP contribution >= 0.6 is 11.3 Å². The monoisotopic (exact) mass is 382 g/mol. The molecule has 1 saturated heterocycles. The lowest BCUT2D eigenvalue weighted by Gasteiger charge is -2.33. The Bertz CT molecular complexity index is 772. The Morgan fingerprint density at radius 3 is 3.00 bits per heavy atom. The zero-order valence-electron chi connectivity index (χ0n) is 13.9. The number of piperidine rings is 1. The first kappa shape index (κ1) is 18.1. The molecule has 3 heterocycles. The molecule has 3 rings (SSSR count). The molecule has 25 heavy (non-hydrogen) atoms. The van der Waals surface area contributed by atoms with Crippen molar-refractivity contribution in [3.63, 3.8) is 0 Å². The van der Waals surface area contributed by atoms with E-state index < -0.39 is 10.0 Å². The van der Waals surface area contributed by atoms with Crippen LogP contribution in [0.25, 0.3) is 0 Å². The Morgan fingerprint density at radius 1 is 1.40 bits per heavy atom. The van der Waals surface area contributed by atoms with Gasteiger partial charge < -0.3 is 4.90 Å². The van der Waals surface area contributed by atoms with E-state index in [0.29, 0.717) is 30.3 Å². The van der Waals surface area contributed by atoms with E-state index in [1.165, 1.54) is 11.3 Å². The number of hydrogen-bond donors (Lipinski definition) is 1. The van der Waals surface area contributed by atoms with Crippen molar-refractivity contribution in [2.45, 2.75) is 30.0 Å². The first-order valence-electron chi connectivity index (χ1n) is 8.33. The third-order valence-electron chi connectivity index (χ3n) is 4.31. The van der Waals surface area contributed by atoms with Crippen LogP contribution in [-0.4, -0.2) is 48.6 Å². The van der Waals surface area contributed by atoms with Gasteiger partial charge in [0, 0.05) is 45.0 Å². The van der Waals surface area contributed by atoms with Gasteiger partial charge in [-0.15, -0.1) is 11.3 Å². The molecule has 1 atom stereocenters. The Balaban J connectivity index is 1.48. The van der Waals surface area contributed by atoms with E-state index in [2.05, 4.69) is 9.82 Å². The summed E-state index contributed by atoms with van der Waals surface area (Å²) in [6.45, 7) is 2.28. The third-order valence-corrected chi connectivity index (χ3v) is 7.13. The minimum atomic E-state index is -3.44. The summed E-state index contributed by atoms with van der Waals surface area (Å²) in [5.41, 5.74) is 0. The summed E-state index contributed by atoms with van der Waals surface area (Å²) in [5.74, 6) is 0.249. The number of likely N-dealkylation sites (tertiary alicyclic amines) is 1. The topological polar surface area (TPSA) is 84.3 Å². The Hall–Kier alpha value is -1.71. The molecule has 136 valence electrons. The van der Waals surface area contributed by atoms with Gasteiger partial charge in [-0.25, -0.2) is 13.1 Å². The lowest BCUT2D eigenvalue weighted by molar-refractivity contribution is -0.133. The highest BCUT2D eigenvalue weighted by Crippen LogP contribution is 2.19. The van der Waals surface area contributed by atoms with Crippen LogP contribution in [0.5, 0.6) is 0 Å². The van der Waals surface area contributed by atoms with Crippen LogP contribution in [0.4, 0.5) is 0 Å². The molecule has 1 aliphatic heterocycles. The lowest BCUT2D eigenvalue weighted by atomic mass is 9.98. The van der Waals surface area contributed by atoms with E-state index in [1.54, 1.807) is 28.4 Å². The number of hydrogen-bond acceptors (Lipinski definition) is 5. The molecule has 1 fully saturated rings. The molecule has 0 unspecified atom stereocenters. The minimum Gasteiger partial charge on any atom is -0.342 e. The molecule has 0 bridgehead atoms. The first-order chi connectivity index (χ1) is 12.0. The number of rotatable bonds is 7. The zero-order chi connectivity index (χ0) is 17.7. The molecule has 1 aliphatic rings. The predicted octanol–water partition coefficient (Wildman–Crippen LogP) is 1.55. The highest BCUT2D eigenvalue weighted by molar-refractivity contribution is 7.91. The zero-order valence-corrected chi connectivity index (χ0v) is 15.5. The highest BCUT2D eigenvalue weighted by Gasteiger charge is 2.25. The number of thiophene rings is 1. The number of carbonyl (C=O) groups excluding carboxylic acids is 1. The molecule has 0 radical (unpaired) electrons. The van der Waals surface area contributed by atoms with Gasteiger partial charge >= 0.3 is 0 Å². The largest absolute Gasteiger partial charge is 0.342 e. The van der Waals surface area contributed by atoms with Crippen molar-refractivity contribution in [2.24, 2.45) is 5.92 Å². The fourth-order valence-electron chi connectivity index (χ4n) is 2.97. The number of amides is 1. The van der Waals surface area contributed by atoms with Crippen LogP contribution in [0.15, 0.2) is 40.2 Å². The number of nitrogens with zero attached hydrogens (tertiary/aromatic N) is 3. The summed E-state index contributed by atoms with van der Waals surface area (Å²) >= 11 is 1.20. The van der Waals surface area contributed by atoms with Gasteiger partial charge in [-0.2, -0.15) is 5.10 Å². The molecule has 7 nitrogen and oxygen atoms in total. The second kappa shape index (κ2) is 8.11. The average Bonchev–Trinajstić information content (AvgIpc) is 3.32. The van der Waals surface area contributed by atoms with E-state index >= 15 is 0 Å². The van der Waals surface area contributed by atoms with E-state index in [0.717, 1.165) is 19.4 Å². The summed E-state index contributed by atoms with van der Waals surface area (Å²) in [6, 6.07) is 5.15. The SMILES string of the molecule is O=C(CCn1cccn1)N1CCC[C@@H](CNS(=O)(=O)c2cccs2)C1. The van der Waals surface area contributed by atoms with Gasteiger partial charge in [0.25, 0.3) is 0 Å². The fraction of sp³-hybridized carbons (Fsp3) is 0.500. The van der Waals surface area contributed by atoms with Crippen LogP contribution in [0, 0.1) is 5.92 Å². The van der Waals surface area contributed by atoms with Crippen LogP contribution in [0.2, 0.25) is 0 Å². The first-order valence-corrected chi connectivity index (χ1v) is 10.7. The molecule has 2 aromatic heterocycles. The van der Waals surface area contributed by atoms with Gasteiger partial charge in [0.15, 0.2) is 0 Å². The maximum absolute atomic E-state index is 12.4. The van der Waals surface area contributed by atoms with Gasteiger partial charge in [0.2, 0.25) is 15.9 Å². The number of aromatic nitrogens is 2. The Morgan fingerprint density at radius 2 is 2.28 bits per heavy atom. The molecule has 2 aromatic rings. The van der Waals surface area contributed by atoms with Crippen LogP contribution < -0.4 is 4.72 Å². The van der Waals surface area contributed by atoms with Crippen molar-refractivity contribution in [3.8, 4) is 0 Å². The summed E-state index contributed by atoms with van der Waals surface area (Å²) in [6.07, 6.45) is 5.77. The summed E-state index contributed by atoms with van der Waals surface area (Å²) in [5, 5.41) is 5.84. The summed E-state index contributed by atoms with van der Waals surface area (Å²) in [4.78, 5) is 14.2. The average molecular weight is 383 g/mol. The highest BCUT2D eigenvalue weighted by atomic mass is 32.2. The molecule has 0 spiro atoms. The second-order valence-corrected chi connectivity index (χ2v) is 9.09. The van der Waals surface area contributed by atoms with Crippen molar-refractivity contribution in [2.75, 3.05) is 19.6 Å². The van der Waals surface area contributed by atoms with E-state index in [4.69, 9.17) is 0 Å². The second-order valence-electron chi connectivity index (χ2n) is 6.15. The van der Waals surface area contributed by atoms with Gasteiger partial charge in [0.05, 0.1) is 0 Å². The molecule has 9 heteroatoms. The summed E-state index contributed by atoms with van der Waals surface area (Å²) in [7, 11) is -3.44. The molecular formula is C16H22N4O3S2. The Kier molecular flexibility index (Phi) is 5.87. The van der Waals surface area contributed by atoms with E-state index in [9.17, 15) is 13.2 Å². The van der Waals surface area contributed by atoms with Gasteiger partial charge in [-0.3, -0.25) is 9.48 Å². The van der Waals surface area contributed by atoms with Gasteiger partial charge in [0.1, 0.15) is 4.21 Å². The maximum atomic E-state index is 12.4. The molecule has 0 aliphatic carbocycles.